The lowest BCUT2D eigenvalue weighted by Crippen LogP contribution is -2.31. The predicted octanol–water partition coefficient (Wildman–Crippen LogP) is 2.30. The lowest BCUT2D eigenvalue weighted by atomic mass is 10.0. The third kappa shape index (κ3) is 2.55. The van der Waals surface area contributed by atoms with Crippen molar-refractivity contribution in [3.8, 4) is 0 Å². The molecule has 1 saturated carbocycles. The van der Waals surface area contributed by atoms with Gasteiger partial charge in [0.25, 0.3) is 0 Å². The minimum Gasteiger partial charge on any atom is -0.345 e. The van der Waals surface area contributed by atoms with Crippen LogP contribution in [-0.4, -0.2) is 30.2 Å². The first-order valence-corrected chi connectivity index (χ1v) is 7.01. The molecule has 1 atom stereocenters. The Labute approximate surface area is 113 Å². The van der Waals surface area contributed by atoms with Gasteiger partial charge in [0.2, 0.25) is 5.91 Å². The molecule has 2 aliphatic carbocycles. The Kier molecular flexibility index (Phi) is 3.13. The van der Waals surface area contributed by atoms with Gasteiger partial charge in [-0.1, -0.05) is 24.3 Å². The van der Waals surface area contributed by atoms with Crippen LogP contribution in [0, 0.1) is 11.8 Å². The van der Waals surface area contributed by atoms with Crippen LogP contribution in [0.4, 0.5) is 0 Å². The maximum absolute atomic E-state index is 12.2. The van der Waals surface area contributed by atoms with Crippen LogP contribution in [0.3, 0.4) is 0 Å². The summed E-state index contributed by atoms with van der Waals surface area (Å²) >= 11 is 0. The van der Waals surface area contributed by atoms with Crippen LogP contribution in [0.2, 0.25) is 0 Å². The van der Waals surface area contributed by atoms with Gasteiger partial charge >= 0.3 is 0 Å². The zero-order valence-electron chi connectivity index (χ0n) is 11.3. The van der Waals surface area contributed by atoms with Gasteiger partial charge in [0.05, 0.1) is 0 Å². The van der Waals surface area contributed by atoms with Crippen LogP contribution < -0.4 is 0 Å². The molecule has 0 radical (unpaired) electrons. The van der Waals surface area contributed by atoms with Gasteiger partial charge in [0.15, 0.2) is 5.78 Å². The highest BCUT2D eigenvalue weighted by Crippen LogP contribution is 2.31. The fourth-order valence-corrected chi connectivity index (χ4v) is 2.84. The topological polar surface area (TPSA) is 37.4 Å². The van der Waals surface area contributed by atoms with Gasteiger partial charge in [0, 0.05) is 31.5 Å². The van der Waals surface area contributed by atoms with E-state index in [2.05, 4.69) is 0 Å². The zero-order valence-corrected chi connectivity index (χ0v) is 11.3. The lowest BCUT2D eigenvalue weighted by Gasteiger charge is -2.18. The number of benzene rings is 1. The summed E-state index contributed by atoms with van der Waals surface area (Å²) in [5.41, 5.74) is 1.90. The minimum absolute atomic E-state index is 0.109. The number of hydrogen-bond donors (Lipinski definition) is 0. The fourth-order valence-electron chi connectivity index (χ4n) is 2.84. The second-order valence-corrected chi connectivity index (χ2v) is 5.84. The highest BCUT2D eigenvalue weighted by atomic mass is 16.2. The summed E-state index contributed by atoms with van der Waals surface area (Å²) in [7, 11) is 1.85. The molecule has 0 spiro atoms. The molecule has 19 heavy (non-hydrogen) atoms. The van der Waals surface area contributed by atoms with Crippen molar-refractivity contribution in [1.82, 2.24) is 4.90 Å². The Hall–Kier alpha value is -1.64. The number of rotatable bonds is 4. The molecule has 1 unspecified atom stereocenters. The van der Waals surface area contributed by atoms with Crippen LogP contribution >= 0.6 is 0 Å². The summed E-state index contributed by atoms with van der Waals surface area (Å²) in [6.07, 6.45) is 3.56. The third-order valence-corrected chi connectivity index (χ3v) is 4.20. The van der Waals surface area contributed by atoms with E-state index < -0.39 is 0 Å². The second-order valence-electron chi connectivity index (χ2n) is 5.84. The van der Waals surface area contributed by atoms with E-state index in [-0.39, 0.29) is 17.6 Å². The minimum atomic E-state index is -0.147. The van der Waals surface area contributed by atoms with Crippen molar-refractivity contribution in [2.75, 3.05) is 13.6 Å². The molecule has 3 nitrogen and oxygen atoms in total. The van der Waals surface area contributed by atoms with E-state index in [1.807, 2.05) is 31.3 Å². The Morgan fingerprint density at radius 1 is 1.32 bits per heavy atom. The second kappa shape index (κ2) is 4.80. The maximum Gasteiger partial charge on any atom is 0.223 e. The van der Waals surface area contributed by atoms with Crippen molar-refractivity contribution in [2.45, 2.75) is 25.7 Å². The highest BCUT2D eigenvalue weighted by molar-refractivity contribution is 6.03. The first-order chi connectivity index (χ1) is 9.15. The van der Waals surface area contributed by atoms with Gasteiger partial charge in [-0.15, -0.1) is 0 Å². The quantitative estimate of drug-likeness (QED) is 0.830. The molecule has 0 bridgehead atoms. The SMILES string of the molecule is CN(CC1CC1)C(=O)CC1Cc2ccccc2C1=O. The fraction of sp³-hybridized carbons (Fsp3) is 0.500. The largest absolute Gasteiger partial charge is 0.345 e. The van der Waals surface area contributed by atoms with E-state index in [0.717, 1.165) is 24.1 Å². The van der Waals surface area contributed by atoms with E-state index >= 15 is 0 Å². The number of fused-ring (bicyclic) bond motifs is 1. The molecule has 1 fully saturated rings. The molecule has 100 valence electrons. The summed E-state index contributed by atoms with van der Waals surface area (Å²) < 4.78 is 0. The van der Waals surface area contributed by atoms with Crippen LogP contribution in [0.15, 0.2) is 24.3 Å². The molecular weight excluding hydrogens is 238 g/mol. The number of ketones is 1. The summed E-state index contributed by atoms with van der Waals surface area (Å²) in [4.78, 5) is 26.2. The van der Waals surface area contributed by atoms with Crippen molar-refractivity contribution in [3.05, 3.63) is 35.4 Å². The molecule has 0 N–H and O–H groups in total. The van der Waals surface area contributed by atoms with Crippen molar-refractivity contribution >= 4 is 11.7 Å². The molecule has 3 rings (SSSR count). The van der Waals surface area contributed by atoms with E-state index in [1.165, 1.54) is 12.8 Å². The smallest absolute Gasteiger partial charge is 0.223 e. The van der Waals surface area contributed by atoms with Gasteiger partial charge in [-0.3, -0.25) is 9.59 Å². The van der Waals surface area contributed by atoms with Gasteiger partial charge in [-0.2, -0.15) is 0 Å². The summed E-state index contributed by atoms with van der Waals surface area (Å²) in [6, 6.07) is 7.71. The molecule has 0 aliphatic heterocycles. The summed E-state index contributed by atoms with van der Waals surface area (Å²) in [6.45, 7) is 0.854. The number of amides is 1. The summed E-state index contributed by atoms with van der Waals surface area (Å²) in [5.74, 6) is 0.804. The van der Waals surface area contributed by atoms with E-state index in [0.29, 0.717) is 12.3 Å². The Morgan fingerprint density at radius 3 is 2.74 bits per heavy atom. The third-order valence-electron chi connectivity index (χ3n) is 4.20. The molecule has 0 heterocycles. The average molecular weight is 257 g/mol. The van der Waals surface area contributed by atoms with Gasteiger partial charge in [-0.25, -0.2) is 0 Å². The van der Waals surface area contributed by atoms with Gasteiger partial charge < -0.3 is 4.90 Å². The van der Waals surface area contributed by atoms with Crippen molar-refractivity contribution in [3.63, 3.8) is 0 Å². The van der Waals surface area contributed by atoms with Gasteiger partial charge in [0.1, 0.15) is 0 Å². The molecule has 1 aromatic carbocycles. The maximum atomic E-state index is 12.2. The Bertz CT molecular complexity index is 519. The molecule has 0 saturated heterocycles. The molecule has 1 aromatic rings. The normalized spacial score (nSPS) is 21.3. The first-order valence-electron chi connectivity index (χ1n) is 7.01. The average Bonchev–Trinajstić information content (AvgIpc) is 3.16. The molecule has 0 aromatic heterocycles. The predicted molar refractivity (Wildman–Crippen MR) is 72.9 cm³/mol. The molecule has 1 amide bonds. The molecule has 3 heteroatoms. The van der Waals surface area contributed by atoms with Crippen molar-refractivity contribution < 1.29 is 9.59 Å². The van der Waals surface area contributed by atoms with Crippen LogP contribution in [-0.2, 0) is 11.2 Å². The van der Waals surface area contributed by atoms with Crippen molar-refractivity contribution in [1.29, 1.82) is 0 Å². The Morgan fingerprint density at radius 2 is 2.05 bits per heavy atom. The van der Waals surface area contributed by atoms with E-state index in [1.54, 1.807) is 4.90 Å². The van der Waals surface area contributed by atoms with E-state index in [4.69, 9.17) is 0 Å². The monoisotopic (exact) mass is 257 g/mol. The van der Waals surface area contributed by atoms with Gasteiger partial charge in [-0.05, 0) is 30.7 Å². The number of nitrogens with zero attached hydrogens (tertiary/aromatic N) is 1. The zero-order chi connectivity index (χ0) is 13.4. The van der Waals surface area contributed by atoms with Crippen LogP contribution in [0.5, 0.6) is 0 Å². The standard InChI is InChI=1S/C16H19NO2/c1-17(10-11-6-7-11)15(18)9-13-8-12-4-2-3-5-14(12)16(13)19/h2-5,11,13H,6-10H2,1H3. The van der Waals surface area contributed by atoms with Crippen molar-refractivity contribution in [2.24, 2.45) is 11.8 Å². The first kappa shape index (κ1) is 12.4. The molecular formula is C16H19NO2. The van der Waals surface area contributed by atoms with E-state index in [9.17, 15) is 9.59 Å². The number of carbonyl (C=O) groups excluding carboxylic acids is 2. The highest BCUT2D eigenvalue weighted by Gasteiger charge is 2.33. The number of carbonyl (C=O) groups is 2. The van der Waals surface area contributed by atoms with Crippen LogP contribution in [0.25, 0.3) is 0 Å². The number of hydrogen-bond acceptors (Lipinski definition) is 2. The molecule has 2 aliphatic rings. The Balaban J connectivity index is 1.62. The summed E-state index contributed by atoms with van der Waals surface area (Å²) in [5, 5.41) is 0. The number of Topliss-reactive ketones (excluding diaryl/α,β-unsaturated/α-hetero) is 1. The van der Waals surface area contributed by atoms with Crippen LogP contribution in [0.1, 0.15) is 35.2 Å². The lowest BCUT2D eigenvalue weighted by molar-refractivity contribution is -0.130.